The van der Waals surface area contributed by atoms with Crippen LogP contribution in [0.5, 0.6) is 5.75 Å². The Balaban J connectivity index is 2.64. The van der Waals surface area contributed by atoms with E-state index in [-0.39, 0.29) is 5.04 Å². The van der Waals surface area contributed by atoms with E-state index in [0.717, 1.165) is 11.1 Å². The molecule has 0 bridgehead atoms. The van der Waals surface area contributed by atoms with Crippen LogP contribution < -0.4 is 4.74 Å². The summed E-state index contributed by atoms with van der Waals surface area (Å²) in [5.74, 6) is 0.162. The Hall–Kier alpha value is -1.92. The van der Waals surface area contributed by atoms with Crippen LogP contribution in [0.15, 0.2) is 30.4 Å². The number of hydrogen-bond acceptors (Lipinski definition) is 5. The van der Waals surface area contributed by atoms with Crippen LogP contribution in [0.2, 0.25) is 18.1 Å². The maximum Gasteiger partial charge on any atom is 0.303 e. The van der Waals surface area contributed by atoms with Gasteiger partial charge in [0.1, 0.15) is 18.1 Å². The monoisotopic (exact) mass is 376 g/mol. The van der Waals surface area contributed by atoms with Crippen LogP contribution >= 0.6 is 0 Å². The molecule has 0 spiro atoms. The van der Waals surface area contributed by atoms with Gasteiger partial charge in [-0.25, -0.2) is 0 Å². The molecular weight excluding hydrogens is 348 g/mol. The molecule has 1 aliphatic carbocycles. The number of carbonyl (C=O) groups is 2. The van der Waals surface area contributed by atoms with Crippen molar-refractivity contribution in [1.82, 2.24) is 0 Å². The fourth-order valence-electron chi connectivity index (χ4n) is 2.99. The normalized spacial score (nSPS) is 22.5. The summed E-state index contributed by atoms with van der Waals surface area (Å²) in [4.78, 5) is 22.9. The van der Waals surface area contributed by atoms with E-state index in [1.165, 1.54) is 13.0 Å². The molecule has 1 aromatic carbocycles. The summed E-state index contributed by atoms with van der Waals surface area (Å²) in [5.41, 5.74) is 0.495. The molecule has 1 aromatic rings. The Kier molecular flexibility index (Phi) is 5.49. The van der Waals surface area contributed by atoms with Crippen molar-refractivity contribution in [2.75, 3.05) is 7.11 Å². The van der Waals surface area contributed by atoms with Crippen molar-refractivity contribution in [2.24, 2.45) is 0 Å². The minimum absolute atomic E-state index is 0.0159. The van der Waals surface area contributed by atoms with Crippen molar-refractivity contribution >= 4 is 20.6 Å². The number of allylic oxidation sites excluding steroid dienone is 1. The lowest BCUT2D eigenvalue weighted by molar-refractivity contribution is -0.170. The van der Waals surface area contributed by atoms with E-state index in [9.17, 15) is 9.59 Å². The molecule has 0 aromatic heterocycles. The zero-order valence-corrected chi connectivity index (χ0v) is 17.6. The molecule has 5 nitrogen and oxygen atoms in total. The Morgan fingerprint density at radius 2 is 1.92 bits per heavy atom. The third-order valence-electron chi connectivity index (χ3n) is 5.29. The number of hydrogen-bond donors (Lipinski definition) is 0. The van der Waals surface area contributed by atoms with Crippen LogP contribution in [-0.4, -0.2) is 27.7 Å². The summed E-state index contributed by atoms with van der Waals surface area (Å²) in [6.45, 7) is 12.1. The fourth-order valence-corrected chi connectivity index (χ4v) is 4.24. The molecule has 0 saturated carbocycles. The van der Waals surface area contributed by atoms with Gasteiger partial charge in [-0.1, -0.05) is 32.9 Å². The topological polar surface area (TPSA) is 61.8 Å². The number of carbonyl (C=O) groups excluding carboxylic acids is 2. The van der Waals surface area contributed by atoms with E-state index in [4.69, 9.17) is 13.9 Å². The average molecular weight is 377 g/mol. The molecule has 0 amide bonds. The second kappa shape index (κ2) is 7.00. The largest absolute Gasteiger partial charge is 0.496 e. The molecule has 142 valence electrons. The summed E-state index contributed by atoms with van der Waals surface area (Å²) in [6.07, 6.45) is 3.14. The van der Waals surface area contributed by atoms with Crippen molar-refractivity contribution in [1.29, 1.82) is 0 Å². The Bertz CT molecular complexity index is 732. The van der Waals surface area contributed by atoms with Gasteiger partial charge in [-0.2, -0.15) is 0 Å². The highest BCUT2D eigenvalue weighted by molar-refractivity contribution is 6.74. The first-order chi connectivity index (χ1) is 12.0. The van der Waals surface area contributed by atoms with Gasteiger partial charge < -0.3 is 13.9 Å². The third-order valence-corrected chi connectivity index (χ3v) is 9.73. The van der Waals surface area contributed by atoms with E-state index >= 15 is 0 Å². The first kappa shape index (κ1) is 20.4. The predicted molar refractivity (Wildman–Crippen MR) is 103 cm³/mol. The van der Waals surface area contributed by atoms with Crippen molar-refractivity contribution < 1.29 is 23.5 Å². The Morgan fingerprint density at radius 3 is 2.42 bits per heavy atom. The molecule has 2 unspecified atom stereocenters. The number of benzene rings is 1. The van der Waals surface area contributed by atoms with Gasteiger partial charge in [0.25, 0.3) is 0 Å². The van der Waals surface area contributed by atoms with Crippen LogP contribution in [0.25, 0.3) is 0 Å². The Morgan fingerprint density at radius 1 is 1.27 bits per heavy atom. The second-order valence-corrected chi connectivity index (χ2v) is 12.8. The number of esters is 1. The van der Waals surface area contributed by atoms with Crippen molar-refractivity contribution in [3.8, 4) is 5.75 Å². The summed E-state index contributed by atoms with van der Waals surface area (Å²) in [6, 6.07) is 5.65. The third kappa shape index (κ3) is 3.35. The first-order valence-corrected chi connectivity index (χ1v) is 11.6. The smallest absolute Gasteiger partial charge is 0.303 e. The van der Waals surface area contributed by atoms with Crippen LogP contribution in [0.4, 0.5) is 0 Å². The average Bonchev–Trinajstić information content (AvgIpc) is 2.54. The maximum absolute atomic E-state index is 11.9. The highest BCUT2D eigenvalue weighted by Gasteiger charge is 2.58. The van der Waals surface area contributed by atoms with E-state index in [1.54, 1.807) is 13.2 Å². The van der Waals surface area contributed by atoms with Gasteiger partial charge in [0, 0.05) is 6.92 Å². The van der Waals surface area contributed by atoms with Gasteiger partial charge in [-0.05, 0) is 41.9 Å². The molecule has 0 N–H and O–H groups in total. The maximum atomic E-state index is 11.9. The van der Waals surface area contributed by atoms with Crippen molar-refractivity contribution in [2.45, 2.75) is 57.5 Å². The summed E-state index contributed by atoms with van der Waals surface area (Å²) in [5, 5.41) is -0.0159. The first-order valence-electron chi connectivity index (χ1n) is 8.68. The second-order valence-electron chi connectivity index (χ2n) is 8.06. The fraction of sp³-hybridized carbons (Fsp3) is 0.500. The zero-order chi connectivity index (χ0) is 19.8. The molecule has 0 saturated heterocycles. The summed E-state index contributed by atoms with van der Waals surface area (Å²) >= 11 is 0. The van der Waals surface area contributed by atoms with E-state index in [2.05, 4.69) is 33.9 Å². The molecular formula is C20H28O5Si. The standard InChI is InChI=1S/C20H28O5Si/c1-14(22)24-20(12-9-13-21)17-15(10-8-11-16(17)23-5)18(20)25-26(6,7)19(2,3)4/h8-13,18H,1-7H3/b12-9-. The molecule has 0 radical (unpaired) electrons. The molecule has 0 heterocycles. The predicted octanol–water partition coefficient (Wildman–Crippen LogP) is 4.29. The van der Waals surface area contributed by atoms with Crippen LogP contribution in [-0.2, 0) is 24.4 Å². The molecule has 2 atom stereocenters. The molecule has 1 aliphatic rings. The number of rotatable bonds is 6. The zero-order valence-electron chi connectivity index (χ0n) is 16.6. The minimum Gasteiger partial charge on any atom is -0.496 e. The van der Waals surface area contributed by atoms with E-state index < -0.39 is 26.0 Å². The highest BCUT2D eigenvalue weighted by Crippen LogP contribution is 2.59. The summed E-state index contributed by atoms with van der Waals surface area (Å²) < 4.78 is 17.8. The van der Waals surface area contributed by atoms with Crippen LogP contribution in [0.1, 0.15) is 44.9 Å². The highest BCUT2D eigenvalue weighted by atomic mass is 28.4. The number of aldehydes is 1. The lowest BCUT2D eigenvalue weighted by atomic mass is 9.69. The molecule has 2 rings (SSSR count). The van der Waals surface area contributed by atoms with Gasteiger partial charge in [0.2, 0.25) is 0 Å². The van der Waals surface area contributed by atoms with Gasteiger partial charge in [0.05, 0.1) is 12.7 Å². The number of methoxy groups -OCH3 is 1. The van der Waals surface area contributed by atoms with Gasteiger partial charge in [0.15, 0.2) is 13.9 Å². The van der Waals surface area contributed by atoms with Crippen LogP contribution in [0.3, 0.4) is 0 Å². The van der Waals surface area contributed by atoms with E-state index in [1.807, 2.05) is 18.2 Å². The number of fused-ring (bicyclic) bond motifs is 1. The van der Waals surface area contributed by atoms with Crippen LogP contribution in [0, 0.1) is 0 Å². The SMILES string of the molecule is COc1cccc2c1C(/C=C\C=O)(OC(C)=O)C2O[Si](C)(C)C(C)(C)C. The number of ether oxygens (including phenoxy) is 2. The molecule has 6 heteroatoms. The quantitative estimate of drug-likeness (QED) is 0.321. The molecule has 0 aliphatic heterocycles. The van der Waals surface area contributed by atoms with Gasteiger partial charge >= 0.3 is 5.97 Å². The Labute approximate surface area is 156 Å². The lowest BCUT2D eigenvalue weighted by Crippen LogP contribution is -2.53. The minimum atomic E-state index is -2.17. The van der Waals surface area contributed by atoms with Gasteiger partial charge in [-0.15, -0.1) is 0 Å². The molecule has 0 fully saturated rings. The van der Waals surface area contributed by atoms with Crippen molar-refractivity contribution in [3.63, 3.8) is 0 Å². The van der Waals surface area contributed by atoms with Gasteiger partial charge in [-0.3, -0.25) is 9.59 Å². The van der Waals surface area contributed by atoms with E-state index in [0.29, 0.717) is 12.0 Å². The molecule has 26 heavy (non-hydrogen) atoms. The summed E-state index contributed by atoms with van der Waals surface area (Å²) in [7, 11) is -0.598. The van der Waals surface area contributed by atoms with Crippen molar-refractivity contribution in [3.05, 3.63) is 41.5 Å². The lowest BCUT2D eigenvalue weighted by Gasteiger charge is -2.52.